The molecular formula is C20H25NO. The number of benzene rings is 2. The third-order valence-electron chi connectivity index (χ3n) is 4.02. The molecule has 22 heavy (non-hydrogen) atoms. The van der Waals surface area contributed by atoms with Gasteiger partial charge in [0.1, 0.15) is 0 Å². The summed E-state index contributed by atoms with van der Waals surface area (Å²) in [7, 11) is 0. The fourth-order valence-corrected chi connectivity index (χ4v) is 2.92. The molecule has 2 heteroatoms. The molecule has 0 atom stereocenters. The monoisotopic (exact) mass is 295 g/mol. The Bertz CT molecular complexity index is 628. The molecule has 0 heterocycles. The van der Waals surface area contributed by atoms with Crippen LogP contribution in [0.25, 0.3) is 11.1 Å². The van der Waals surface area contributed by atoms with Crippen molar-refractivity contribution in [1.82, 2.24) is 0 Å². The Kier molecular flexibility index (Phi) is 5.02. The molecule has 0 radical (unpaired) electrons. The van der Waals surface area contributed by atoms with Crippen molar-refractivity contribution in [3.63, 3.8) is 0 Å². The summed E-state index contributed by atoms with van der Waals surface area (Å²) in [5, 5.41) is 0. The van der Waals surface area contributed by atoms with Gasteiger partial charge in [-0.3, -0.25) is 4.79 Å². The Labute approximate surface area is 133 Å². The zero-order valence-electron chi connectivity index (χ0n) is 13.9. The molecular weight excluding hydrogens is 270 g/mol. The molecule has 1 amide bonds. The van der Waals surface area contributed by atoms with Crippen molar-refractivity contribution in [2.24, 2.45) is 5.73 Å². The molecule has 116 valence electrons. The van der Waals surface area contributed by atoms with Crippen LogP contribution < -0.4 is 5.73 Å². The van der Waals surface area contributed by atoms with Crippen LogP contribution in [0.1, 0.15) is 56.2 Å². The summed E-state index contributed by atoms with van der Waals surface area (Å²) in [6, 6.07) is 14.8. The summed E-state index contributed by atoms with van der Waals surface area (Å²) < 4.78 is 0. The molecule has 0 unspecified atom stereocenters. The van der Waals surface area contributed by atoms with Gasteiger partial charge in [-0.05, 0) is 39.7 Å². The molecule has 0 aliphatic rings. The van der Waals surface area contributed by atoms with E-state index >= 15 is 0 Å². The zero-order chi connectivity index (χ0) is 16.3. The SMILES string of the molecule is CC(C)c1cc(-c2ccccc2)cc(C(C)C)c1CC(N)=O. The molecule has 0 aliphatic carbocycles. The first-order chi connectivity index (χ1) is 10.4. The Morgan fingerprint density at radius 3 is 1.82 bits per heavy atom. The third kappa shape index (κ3) is 3.56. The van der Waals surface area contributed by atoms with Crippen LogP contribution in [0.2, 0.25) is 0 Å². The standard InChI is InChI=1S/C20H25NO/c1-13(2)17-10-16(15-8-6-5-7-9-15)11-18(14(3)4)19(17)12-20(21)22/h5-11,13-14H,12H2,1-4H3,(H2,21,22). The number of carbonyl (C=O) groups is 1. The Hall–Kier alpha value is -2.09. The highest BCUT2D eigenvalue weighted by Crippen LogP contribution is 2.33. The fourth-order valence-electron chi connectivity index (χ4n) is 2.92. The molecule has 2 N–H and O–H groups in total. The lowest BCUT2D eigenvalue weighted by atomic mass is 9.84. The lowest BCUT2D eigenvalue weighted by Gasteiger charge is -2.21. The van der Waals surface area contributed by atoms with Gasteiger partial charge in [-0.2, -0.15) is 0 Å². The number of hydrogen-bond acceptors (Lipinski definition) is 1. The van der Waals surface area contributed by atoms with E-state index in [-0.39, 0.29) is 5.91 Å². The first kappa shape index (κ1) is 16.3. The summed E-state index contributed by atoms with van der Waals surface area (Å²) in [6.07, 6.45) is 0.316. The van der Waals surface area contributed by atoms with Crippen molar-refractivity contribution in [2.75, 3.05) is 0 Å². The van der Waals surface area contributed by atoms with Crippen LogP contribution in [0, 0.1) is 0 Å². The van der Waals surface area contributed by atoms with E-state index in [9.17, 15) is 4.79 Å². The maximum absolute atomic E-state index is 11.5. The van der Waals surface area contributed by atoms with Gasteiger partial charge < -0.3 is 5.73 Å². The van der Waals surface area contributed by atoms with E-state index in [2.05, 4.69) is 64.1 Å². The number of carbonyl (C=O) groups excluding carboxylic acids is 1. The number of nitrogens with two attached hydrogens (primary N) is 1. The predicted octanol–water partition coefficient (Wildman–Crippen LogP) is 4.63. The van der Waals surface area contributed by atoms with Gasteiger partial charge >= 0.3 is 0 Å². The molecule has 2 rings (SSSR count). The number of hydrogen-bond donors (Lipinski definition) is 1. The highest BCUT2D eigenvalue weighted by atomic mass is 16.1. The second-order valence-electron chi connectivity index (χ2n) is 6.45. The highest BCUT2D eigenvalue weighted by molar-refractivity contribution is 5.78. The first-order valence-electron chi connectivity index (χ1n) is 7.90. The van der Waals surface area contributed by atoms with Crippen molar-refractivity contribution in [1.29, 1.82) is 0 Å². The van der Waals surface area contributed by atoms with Gasteiger partial charge in [0, 0.05) is 0 Å². The third-order valence-corrected chi connectivity index (χ3v) is 4.02. The van der Waals surface area contributed by atoms with Crippen LogP contribution in [-0.4, -0.2) is 5.91 Å². The van der Waals surface area contributed by atoms with Crippen molar-refractivity contribution in [2.45, 2.75) is 46.0 Å². The van der Waals surface area contributed by atoms with E-state index in [0.29, 0.717) is 18.3 Å². The summed E-state index contributed by atoms with van der Waals surface area (Å²) in [5.41, 5.74) is 11.4. The average Bonchev–Trinajstić information content (AvgIpc) is 2.47. The Morgan fingerprint density at radius 2 is 1.41 bits per heavy atom. The number of primary amides is 1. The van der Waals surface area contributed by atoms with E-state index in [1.165, 1.54) is 22.3 Å². The van der Waals surface area contributed by atoms with Gasteiger partial charge in [0.2, 0.25) is 5.91 Å². The quantitative estimate of drug-likeness (QED) is 0.858. The largest absolute Gasteiger partial charge is 0.369 e. The molecule has 0 fully saturated rings. The van der Waals surface area contributed by atoms with Crippen LogP contribution in [0.15, 0.2) is 42.5 Å². The molecule has 0 bridgehead atoms. The second-order valence-corrected chi connectivity index (χ2v) is 6.45. The van der Waals surface area contributed by atoms with E-state index in [4.69, 9.17) is 5.73 Å². The summed E-state index contributed by atoms with van der Waals surface area (Å²) in [4.78, 5) is 11.5. The lowest BCUT2D eigenvalue weighted by molar-refractivity contribution is -0.117. The van der Waals surface area contributed by atoms with Crippen LogP contribution in [-0.2, 0) is 11.2 Å². The predicted molar refractivity (Wildman–Crippen MR) is 93.0 cm³/mol. The van der Waals surface area contributed by atoms with Gasteiger partial charge in [-0.15, -0.1) is 0 Å². The average molecular weight is 295 g/mol. The molecule has 2 aromatic rings. The van der Waals surface area contributed by atoms with E-state index in [1.54, 1.807) is 0 Å². The highest BCUT2D eigenvalue weighted by Gasteiger charge is 2.17. The maximum Gasteiger partial charge on any atom is 0.221 e. The minimum Gasteiger partial charge on any atom is -0.369 e. The number of rotatable bonds is 5. The minimum absolute atomic E-state index is 0.267. The molecule has 0 saturated heterocycles. The number of amides is 1. The van der Waals surface area contributed by atoms with Crippen molar-refractivity contribution >= 4 is 5.91 Å². The van der Waals surface area contributed by atoms with E-state index < -0.39 is 0 Å². The maximum atomic E-state index is 11.5. The van der Waals surface area contributed by atoms with E-state index in [0.717, 1.165) is 5.56 Å². The van der Waals surface area contributed by atoms with Crippen LogP contribution in [0.3, 0.4) is 0 Å². The molecule has 2 nitrogen and oxygen atoms in total. The second kappa shape index (κ2) is 6.78. The molecule has 0 aromatic heterocycles. The van der Waals surface area contributed by atoms with Crippen LogP contribution >= 0.6 is 0 Å². The van der Waals surface area contributed by atoms with Gasteiger partial charge in [-0.1, -0.05) is 70.2 Å². The lowest BCUT2D eigenvalue weighted by Crippen LogP contribution is -2.17. The fraction of sp³-hybridized carbons (Fsp3) is 0.350. The summed E-state index contributed by atoms with van der Waals surface area (Å²) >= 11 is 0. The molecule has 0 saturated carbocycles. The zero-order valence-corrected chi connectivity index (χ0v) is 13.9. The van der Waals surface area contributed by atoms with Crippen molar-refractivity contribution < 1.29 is 4.79 Å². The van der Waals surface area contributed by atoms with Gasteiger partial charge in [0.05, 0.1) is 6.42 Å². The van der Waals surface area contributed by atoms with Gasteiger partial charge in [0.25, 0.3) is 0 Å². The molecule has 2 aromatic carbocycles. The van der Waals surface area contributed by atoms with Crippen molar-refractivity contribution in [3.8, 4) is 11.1 Å². The first-order valence-corrected chi connectivity index (χ1v) is 7.90. The Morgan fingerprint density at radius 1 is 0.909 bits per heavy atom. The van der Waals surface area contributed by atoms with Crippen LogP contribution in [0.5, 0.6) is 0 Å². The summed E-state index contributed by atoms with van der Waals surface area (Å²) in [6.45, 7) is 8.66. The van der Waals surface area contributed by atoms with E-state index in [1.807, 2.05) is 6.07 Å². The normalized spacial score (nSPS) is 11.2. The molecule has 0 aliphatic heterocycles. The Balaban J connectivity index is 2.67. The summed E-state index contributed by atoms with van der Waals surface area (Å²) in [5.74, 6) is 0.447. The topological polar surface area (TPSA) is 43.1 Å². The molecule has 0 spiro atoms. The van der Waals surface area contributed by atoms with Gasteiger partial charge in [0.15, 0.2) is 0 Å². The van der Waals surface area contributed by atoms with Crippen molar-refractivity contribution in [3.05, 3.63) is 59.2 Å². The smallest absolute Gasteiger partial charge is 0.221 e. The van der Waals surface area contributed by atoms with Gasteiger partial charge in [-0.25, -0.2) is 0 Å². The van der Waals surface area contributed by atoms with Crippen LogP contribution in [0.4, 0.5) is 0 Å². The minimum atomic E-state index is -0.267.